The minimum absolute atomic E-state index is 0.340. The first-order valence-corrected chi connectivity index (χ1v) is 21.1. The van der Waals surface area contributed by atoms with Gasteiger partial charge in [0, 0.05) is 12.0 Å². The summed E-state index contributed by atoms with van der Waals surface area (Å²) < 4.78 is 0. The monoisotopic (exact) mass is 652 g/mol. The standard InChI is InChI=1S/C38H69N9/c1-2-3-4-11-21-39-29-20-12-19-28-30(29)38-46-36-27-18-10-9-17-26(27)34(44-36)42-32-23-14-6-5-13-22(23)31(40-32)41-33-24-15-7-8-16-25(24)35(43-33)45-37(28)47-38/h22-47H,2-21H2,1H3. The molecule has 9 rings (SSSR count). The molecule has 5 aliphatic heterocycles. The summed E-state index contributed by atoms with van der Waals surface area (Å²) in [7, 11) is 0. The molecule has 5 heterocycles. The highest BCUT2D eigenvalue weighted by molar-refractivity contribution is 5.09. The Labute approximate surface area is 285 Å². The van der Waals surface area contributed by atoms with Crippen LogP contribution < -0.4 is 47.9 Å². The van der Waals surface area contributed by atoms with Crippen molar-refractivity contribution in [1.82, 2.24) is 47.9 Å². The van der Waals surface area contributed by atoms with E-state index in [0.29, 0.717) is 73.1 Å². The third-order valence-electron chi connectivity index (χ3n) is 15.3. The minimum atomic E-state index is 0.340. The molecule has 9 aliphatic rings. The highest BCUT2D eigenvalue weighted by Gasteiger charge is 2.55. The van der Waals surface area contributed by atoms with Crippen LogP contribution >= 0.6 is 0 Å². The van der Waals surface area contributed by atoms with Gasteiger partial charge in [0.2, 0.25) is 0 Å². The smallest absolute Gasteiger partial charge is 0.0643 e. The van der Waals surface area contributed by atoms with Crippen molar-refractivity contribution in [3.8, 4) is 0 Å². The zero-order valence-electron chi connectivity index (χ0n) is 29.5. The predicted octanol–water partition coefficient (Wildman–Crippen LogP) is 3.75. The summed E-state index contributed by atoms with van der Waals surface area (Å²) in [6.07, 6.45) is 29.0. The predicted molar refractivity (Wildman–Crippen MR) is 188 cm³/mol. The van der Waals surface area contributed by atoms with Crippen LogP contribution in [0.15, 0.2) is 0 Å². The van der Waals surface area contributed by atoms with Crippen LogP contribution in [0.5, 0.6) is 0 Å². The van der Waals surface area contributed by atoms with Crippen LogP contribution in [-0.2, 0) is 0 Å². The van der Waals surface area contributed by atoms with Crippen LogP contribution in [0.25, 0.3) is 0 Å². The van der Waals surface area contributed by atoms with Gasteiger partial charge in [-0.1, -0.05) is 71.1 Å². The van der Waals surface area contributed by atoms with Crippen molar-refractivity contribution in [2.45, 2.75) is 184 Å². The quantitative estimate of drug-likeness (QED) is 0.199. The molecule has 0 radical (unpaired) electrons. The number of unbranched alkanes of at least 4 members (excludes halogenated alkanes) is 3. The lowest BCUT2D eigenvalue weighted by Gasteiger charge is -2.40. The first-order chi connectivity index (χ1) is 23.2. The van der Waals surface area contributed by atoms with Gasteiger partial charge in [-0.3, -0.25) is 42.5 Å². The van der Waals surface area contributed by atoms with E-state index in [1.165, 1.54) is 129 Å². The van der Waals surface area contributed by atoms with Gasteiger partial charge in [-0.15, -0.1) is 0 Å². The first kappa shape index (κ1) is 32.5. The highest BCUT2D eigenvalue weighted by atomic mass is 15.4. The maximum Gasteiger partial charge on any atom is 0.0643 e. The Morgan fingerprint density at radius 3 is 1.15 bits per heavy atom. The molecule has 9 fully saturated rings. The molecule has 5 saturated heterocycles. The molecule has 17 atom stereocenters. The SMILES string of the molecule is CCCCCCNC1CCCC2C3NC4NC(NC5NC(NC6NC(NC(N3)C12)C1CCCCC61)C1CCCCC51)C1CCCCC41. The van der Waals surface area contributed by atoms with Gasteiger partial charge in [0.25, 0.3) is 0 Å². The fourth-order valence-corrected chi connectivity index (χ4v) is 13.1. The maximum atomic E-state index is 4.36. The molecule has 8 bridgehead atoms. The Morgan fingerprint density at radius 1 is 0.383 bits per heavy atom. The van der Waals surface area contributed by atoms with E-state index >= 15 is 0 Å². The molecule has 9 N–H and O–H groups in total. The summed E-state index contributed by atoms with van der Waals surface area (Å²) in [6, 6.07) is 0.600. The minimum Gasteiger partial charge on any atom is -0.314 e. The Balaban J connectivity index is 1.02. The molecule has 4 saturated carbocycles. The second-order valence-corrected chi connectivity index (χ2v) is 17.8. The average Bonchev–Trinajstić information content (AvgIpc) is 3.84. The lowest BCUT2D eigenvalue weighted by molar-refractivity contribution is 0.141. The number of fused-ring (bicyclic) bond motifs is 20. The Hall–Kier alpha value is -0.360. The average molecular weight is 652 g/mol. The molecule has 0 aromatic carbocycles. The van der Waals surface area contributed by atoms with Crippen LogP contribution in [-0.4, -0.2) is 61.9 Å². The molecule has 17 unspecified atom stereocenters. The van der Waals surface area contributed by atoms with Crippen molar-refractivity contribution in [3.05, 3.63) is 0 Å². The molecule has 9 heteroatoms. The van der Waals surface area contributed by atoms with E-state index in [-0.39, 0.29) is 0 Å². The molecule has 9 nitrogen and oxygen atoms in total. The molecule has 47 heavy (non-hydrogen) atoms. The van der Waals surface area contributed by atoms with E-state index in [1.54, 1.807) is 0 Å². The van der Waals surface area contributed by atoms with E-state index in [4.69, 9.17) is 0 Å². The van der Waals surface area contributed by atoms with Crippen LogP contribution in [0, 0.1) is 47.3 Å². The molecule has 4 aliphatic carbocycles. The Bertz CT molecular complexity index is 1040. The van der Waals surface area contributed by atoms with Crippen molar-refractivity contribution in [1.29, 1.82) is 0 Å². The van der Waals surface area contributed by atoms with E-state index in [1.807, 2.05) is 0 Å². The molecule has 0 aromatic heterocycles. The fraction of sp³-hybridized carbons (Fsp3) is 1.00. The van der Waals surface area contributed by atoms with Crippen molar-refractivity contribution >= 4 is 0 Å². The van der Waals surface area contributed by atoms with Gasteiger partial charge >= 0.3 is 0 Å². The summed E-state index contributed by atoms with van der Waals surface area (Å²) in [5.41, 5.74) is 0. The van der Waals surface area contributed by atoms with Crippen molar-refractivity contribution in [2.24, 2.45) is 47.3 Å². The van der Waals surface area contributed by atoms with Crippen LogP contribution in [0.3, 0.4) is 0 Å². The number of nitrogens with one attached hydrogen (secondary N) is 9. The molecule has 0 spiro atoms. The number of rotatable bonds is 6. The molecule has 0 aromatic rings. The van der Waals surface area contributed by atoms with Crippen molar-refractivity contribution < 1.29 is 0 Å². The largest absolute Gasteiger partial charge is 0.314 e. The molecular weight excluding hydrogens is 582 g/mol. The van der Waals surface area contributed by atoms with Gasteiger partial charge in [-0.2, -0.15) is 0 Å². The highest BCUT2D eigenvalue weighted by Crippen LogP contribution is 2.45. The normalized spacial score (nSPS) is 52.4. The maximum absolute atomic E-state index is 4.36. The first-order valence-electron chi connectivity index (χ1n) is 21.1. The zero-order valence-corrected chi connectivity index (χ0v) is 29.5. The van der Waals surface area contributed by atoms with Gasteiger partial charge in [-0.25, -0.2) is 0 Å². The third kappa shape index (κ3) is 6.28. The van der Waals surface area contributed by atoms with Crippen molar-refractivity contribution in [3.63, 3.8) is 0 Å². The Morgan fingerprint density at radius 2 is 0.745 bits per heavy atom. The third-order valence-corrected chi connectivity index (χ3v) is 15.3. The van der Waals surface area contributed by atoms with Crippen LogP contribution in [0.2, 0.25) is 0 Å². The second-order valence-electron chi connectivity index (χ2n) is 17.8. The van der Waals surface area contributed by atoms with E-state index in [0.717, 1.165) is 29.6 Å². The zero-order chi connectivity index (χ0) is 31.3. The van der Waals surface area contributed by atoms with E-state index in [2.05, 4.69) is 54.8 Å². The molecule has 266 valence electrons. The molecular formula is C38H69N9. The van der Waals surface area contributed by atoms with Gasteiger partial charge in [0.05, 0.1) is 49.3 Å². The van der Waals surface area contributed by atoms with Crippen LogP contribution in [0.4, 0.5) is 0 Å². The van der Waals surface area contributed by atoms with E-state index < -0.39 is 0 Å². The summed E-state index contributed by atoms with van der Waals surface area (Å²) in [4.78, 5) is 0. The van der Waals surface area contributed by atoms with Gasteiger partial charge in [-0.05, 0) is 106 Å². The summed E-state index contributed by atoms with van der Waals surface area (Å²) >= 11 is 0. The summed E-state index contributed by atoms with van der Waals surface area (Å²) in [5.74, 6) is 5.63. The van der Waals surface area contributed by atoms with Crippen molar-refractivity contribution in [2.75, 3.05) is 6.54 Å². The van der Waals surface area contributed by atoms with Gasteiger partial charge in [0.15, 0.2) is 0 Å². The van der Waals surface area contributed by atoms with E-state index in [9.17, 15) is 0 Å². The lowest BCUT2D eigenvalue weighted by Crippen LogP contribution is -2.62. The topological polar surface area (TPSA) is 108 Å². The molecule has 0 amide bonds. The number of hydrogen-bond donors (Lipinski definition) is 9. The second kappa shape index (κ2) is 14.3. The van der Waals surface area contributed by atoms with Gasteiger partial charge in [0.1, 0.15) is 0 Å². The number of hydrogen-bond acceptors (Lipinski definition) is 9. The van der Waals surface area contributed by atoms with Gasteiger partial charge < -0.3 is 5.32 Å². The fourth-order valence-electron chi connectivity index (χ4n) is 13.1. The Kier molecular flexibility index (Phi) is 9.93. The summed E-state index contributed by atoms with van der Waals surface area (Å²) in [5, 5.41) is 38.4. The van der Waals surface area contributed by atoms with Crippen LogP contribution in [0.1, 0.15) is 129 Å². The summed E-state index contributed by atoms with van der Waals surface area (Å²) in [6.45, 7) is 3.50. The lowest BCUT2D eigenvalue weighted by atomic mass is 9.74.